The molecule has 3 rings (SSSR count). The number of benzene rings is 1. The van der Waals surface area contributed by atoms with Crippen molar-refractivity contribution in [1.82, 2.24) is 14.8 Å². The zero-order chi connectivity index (χ0) is 20.1. The number of esters is 1. The lowest BCUT2D eigenvalue weighted by molar-refractivity contribution is -0.144. The summed E-state index contributed by atoms with van der Waals surface area (Å²) in [5.41, 5.74) is 3.76. The van der Waals surface area contributed by atoms with Crippen molar-refractivity contribution in [2.45, 2.75) is 20.3 Å². The summed E-state index contributed by atoms with van der Waals surface area (Å²) in [5, 5.41) is 7.19. The fourth-order valence-electron chi connectivity index (χ4n) is 2.94. The molecule has 1 aromatic carbocycles. The lowest BCUT2D eigenvalue weighted by Gasteiger charge is -2.10. The summed E-state index contributed by atoms with van der Waals surface area (Å²) in [6.45, 7) is 3.67. The fourth-order valence-corrected chi connectivity index (χ4v) is 2.94. The topological polar surface area (TPSA) is 86.1 Å². The molecule has 28 heavy (non-hydrogen) atoms. The summed E-state index contributed by atoms with van der Waals surface area (Å²) in [6.07, 6.45) is 5.49. The van der Waals surface area contributed by atoms with Crippen LogP contribution < -0.4 is 5.32 Å². The molecule has 144 valence electrons. The van der Waals surface area contributed by atoms with Crippen molar-refractivity contribution in [3.63, 3.8) is 0 Å². The van der Waals surface area contributed by atoms with Crippen LogP contribution in [0, 0.1) is 12.8 Å². The first-order valence-electron chi connectivity index (χ1n) is 8.92. The van der Waals surface area contributed by atoms with Crippen LogP contribution in [0.25, 0.3) is 5.69 Å². The molecule has 0 unspecified atom stereocenters. The van der Waals surface area contributed by atoms with E-state index in [2.05, 4.69) is 15.4 Å². The van der Waals surface area contributed by atoms with Crippen molar-refractivity contribution >= 4 is 17.6 Å². The average molecular weight is 378 g/mol. The number of methoxy groups -OCH3 is 1. The van der Waals surface area contributed by atoms with Crippen molar-refractivity contribution in [1.29, 1.82) is 0 Å². The quantitative estimate of drug-likeness (QED) is 0.666. The normalized spacial score (nSPS) is 11.7. The van der Waals surface area contributed by atoms with E-state index in [-0.39, 0.29) is 17.8 Å². The Balaban J connectivity index is 1.68. The Morgan fingerprint density at radius 1 is 1.14 bits per heavy atom. The van der Waals surface area contributed by atoms with Crippen molar-refractivity contribution in [3.8, 4) is 5.69 Å². The molecular formula is C21H22N4O3. The van der Waals surface area contributed by atoms with Gasteiger partial charge in [0.25, 0.3) is 5.91 Å². The van der Waals surface area contributed by atoms with Gasteiger partial charge in [0.1, 0.15) is 0 Å². The van der Waals surface area contributed by atoms with Crippen LogP contribution in [0.15, 0.2) is 55.0 Å². The number of hydrogen-bond acceptors (Lipinski definition) is 5. The summed E-state index contributed by atoms with van der Waals surface area (Å²) >= 11 is 0. The van der Waals surface area contributed by atoms with E-state index in [1.807, 2.05) is 50.2 Å². The first-order valence-corrected chi connectivity index (χ1v) is 8.92. The highest BCUT2D eigenvalue weighted by molar-refractivity contribution is 6.05. The monoisotopic (exact) mass is 378 g/mol. The highest BCUT2D eigenvalue weighted by Crippen LogP contribution is 2.17. The second-order valence-corrected chi connectivity index (χ2v) is 6.54. The first-order chi connectivity index (χ1) is 13.5. The molecule has 0 spiro atoms. The van der Waals surface area contributed by atoms with Gasteiger partial charge in [0.2, 0.25) is 0 Å². The molecule has 7 heteroatoms. The van der Waals surface area contributed by atoms with Gasteiger partial charge in [-0.3, -0.25) is 14.6 Å². The molecule has 1 atom stereocenters. The van der Waals surface area contributed by atoms with Gasteiger partial charge in [-0.1, -0.05) is 19.1 Å². The number of carbonyl (C=O) groups is 2. The number of ether oxygens (including phenoxy) is 1. The van der Waals surface area contributed by atoms with Gasteiger partial charge in [0.15, 0.2) is 0 Å². The Bertz CT molecular complexity index is 965. The number of rotatable bonds is 6. The number of hydrogen-bond donors (Lipinski definition) is 1. The van der Waals surface area contributed by atoms with Crippen LogP contribution in [0.2, 0.25) is 0 Å². The zero-order valence-electron chi connectivity index (χ0n) is 16.0. The number of nitrogens with zero attached hydrogens (tertiary/aromatic N) is 3. The van der Waals surface area contributed by atoms with E-state index in [1.165, 1.54) is 7.11 Å². The second-order valence-electron chi connectivity index (χ2n) is 6.54. The lowest BCUT2D eigenvalue weighted by Crippen LogP contribution is -2.15. The van der Waals surface area contributed by atoms with Gasteiger partial charge >= 0.3 is 5.97 Å². The highest BCUT2D eigenvalue weighted by Gasteiger charge is 2.16. The van der Waals surface area contributed by atoms with Crippen LogP contribution in [0.5, 0.6) is 0 Å². The summed E-state index contributed by atoms with van der Waals surface area (Å²) in [5.74, 6) is -0.681. The van der Waals surface area contributed by atoms with Crippen molar-refractivity contribution in [3.05, 3.63) is 71.8 Å². The van der Waals surface area contributed by atoms with Crippen LogP contribution in [-0.2, 0) is 16.0 Å². The van der Waals surface area contributed by atoms with E-state index in [9.17, 15) is 9.59 Å². The molecule has 0 aliphatic carbocycles. The minimum atomic E-state index is -0.237. The molecule has 0 saturated heterocycles. The Kier molecular flexibility index (Phi) is 5.84. The molecule has 7 nitrogen and oxygen atoms in total. The third-order valence-electron chi connectivity index (χ3n) is 4.52. The summed E-state index contributed by atoms with van der Waals surface area (Å²) in [7, 11) is 1.39. The van der Waals surface area contributed by atoms with E-state index >= 15 is 0 Å². The molecule has 2 heterocycles. The van der Waals surface area contributed by atoms with Crippen molar-refractivity contribution < 1.29 is 14.3 Å². The zero-order valence-corrected chi connectivity index (χ0v) is 16.0. The number of pyridine rings is 1. The minimum absolute atomic E-state index is 0.216. The number of amides is 1. The van der Waals surface area contributed by atoms with Crippen LogP contribution in [-0.4, -0.2) is 33.8 Å². The van der Waals surface area contributed by atoms with E-state index in [0.717, 1.165) is 16.9 Å². The van der Waals surface area contributed by atoms with Crippen molar-refractivity contribution in [2.24, 2.45) is 5.92 Å². The summed E-state index contributed by atoms with van der Waals surface area (Å²) in [4.78, 5) is 28.2. The van der Waals surface area contributed by atoms with Gasteiger partial charge in [-0.05, 0) is 43.2 Å². The largest absolute Gasteiger partial charge is 0.469 e. The highest BCUT2D eigenvalue weighted by atomic mass is 16.5. The molecule has 0 aliphatic rings. The number of aromatic nitrogens is 3. The molecule has 1 N–H and O–H groups in total. The predicted octanol–water partition coefficient (Wildman–Crippen LogP) is 3.18. The van der Waals surface area contributed by atoms with Crippen LogP contribution in [0.1, 0.15) is 28.5 Å². The number of carbonyl (C=O) groups excluding carboxylic acids is 2. The Labute approximate surface area is 163 Å². The molecule has 0 fully saturated rings. The maximum atomic E-state index is 12.6. The number of anilines is 1. The summed E-state index contributed by atoms with van der Waals surface area (Å²) in [6, 6.07) is 11.1. The first kappa shape index (κ1) is 19.3. The molecule has 0 radical (unpaired) electrons. The molecule has 1 amide bonds. The van der Waals surface area contributed by atoms with E-state index in [0.29, 0.717) is 17.7 Å². The molecule has 0 saturated carbocycles. The SMILES string of the molecule is COC(=O)[C@H](C)Cc1ccc(NC(=O)c2cnn(-c3ccncc3)c2C)cc1. The van der Waals surface area contributed by atoms with Gasteiger partial charge in [-0.2, -0.15) is 5.10 Å². The summed E-state index contributed by atoms with van der Waals surface area (Å²) < 4.78 is 6.45. The maximum Gasteiger partial charge on any atom is 0.308 e. The third-order valence-corrected chi connectivity index (χ3v) is 4.52. The van der Waals surface area contributed by atoms with Gasteiger partial charge in [-0.25, -0.2) is 4.68 Å². The van der Waals surface area contributed by atoms with Crippen LogP contribution in [0.3, 0.4) is 0 Å². The third kappa shape index (κ3) is 4.25. The van der Waals surface area contributed by atoms with Gasteiger partial charge in [0, 0.05) is 18.1 Å². The average Bonchev–Trinajstić information content (AvgIpc) is 3.11. The minimum Gasteiger partial charge on any atom is -0.469 e. The maximum absolute atomic E-state index is 12.6. The second kappa shape index (κ2) is 8.47. The molecular weight excluding hydrogens is 356 g/mol. The van der Waals surface area contributed by atoms with Gasteiger partial charge in [0.05, 0.1) is 36.2 Å². The van der Waals surface area contributed by atoms with Crippen LogP contribution >= 0.6 is 0 Å². The molecule has 2 aromatic heterocycles. The Morgan fingerprint density at radius 3 is 2.46 bits per heavy atom. The number of nitrogens with one attached hydrogen (secondary N) is 1. The van der Waals surface area contributed by atoms with Crippen LogP contribution in [0.4, 0.5) is 5.69 Å². The van der Waals surface area contributed by atoms with E-state index in [4.69, 9.17) is 4.74 Å². The molecule has 0 bridgehead atoms. The fraction of sp³-hybridized carbons (Fsp3) is 0.238. The van der Waals surface area contributed by atoms with Gasteiger partial charge < -0.3 is 10.1 Å². The molecule has 0 aliphatic heterocycles. The Morgan fingerprint density at radius 2 is 1.82 bits per heavy atom. The van der Waals surface area contributed by atoms with E-state index in [1.54, 1.807) is 23.3 Å². The predicted molar refractivity (Wildman–Crippen MR) is 105 cm³/mol. The standard InChI is InChI=1S/C21H22N4O3/c1-14(21(27)28-3)12-16-4-6-17(7-5-16)24-20(26)19-13-23-25(15(19)2)18-8-10-22-11-9-18/h4-11,13-14H,12H2,1-3H3,(H,24,26)/t14-/m1/s1. The smallest absolute Gasteiger partial charge is 0.308 e. The lowest BCUT2D eigenvalue weighted by atomic mass is 10.0. The Hall–Kier alpha value is -3.48. The van der Waals surface area contributed by atoms with Gasteiger partial charge in [-0.15, -0.1) is 0 Å². The van der Waals surface area contributed by atoms with Crippen molar-refractivity contribution in [2.75, 3.05) is 12.4 Å². The molecule has 3 aromatic rings. The van der Waals surface area contributed by atoms with E-state index < -0.39 is 0 Å².